The molecule has 2 aliphatic rings. The summed E-state index contributed by atoms with van der Waals surface area (Å²) >= 11 is 0. The number of aryl methyl sites for hydroxylation is 1. The predicted octanol–water partition coefficient (Wildman–Crippen LogP) is 4.01. The number of nitrogens with zero attached hydrogens (tertiary/aromatic N) is 1. The summed E-state index contributed by atoms with van der Waals surface area (Å²) in [4.78, 5) is 54.0. The number of sulfonamides is 1. The third-order valence-corrected chi connectivity index (χ3v) is 9.79. The van der Waals surface area contributed by atoms with Gasteiger partial charge in [0.05, 0.1) is 11.4 Å². The van der Waals surface area contributed by atoms with Crippen molar-refractivity contribution in [3.05, 3.63) is 95.1 Å². The number of nitrogens with one attached hydrogen (secondary N) is 3. The van der Waals surface area contributed by atoms with E-state index in [-0.39, 0.29) is 17.9 Å². The van der Waals surface area contributed by atoms with Crippen LogP contribution in [0.2, 0.25) is 0 Å². The topological polar surface area (TPSA) is 160 Å². The van der Waals surface area contributed by atoms with Crippen molar-refractivity contribution in [1.82, 2.24) is 14.9 Å². The lowest BCUT2D eigenvalue weighted by Crippen LogP contribution is -2.52. The van der Waals surface area contributed by atoms with E-state index in [0.29, 0.717) is 30.6 Å². The van der Waals surface area contributed by atoms with Gasteiger partial charge in [-0.2, -0.15) is 4.72 Å². The highest BCUT2D eigenvalue weighted by atomic mass is 32.2. The van der Waals surface area contributed by atoms with Gasteiger partial charge >= 0.3 is 18.0 Å². The lowest BCUT2D eigenvalue weighted by Gasteiger charge is -2.36. The third-order valence-electron chi connectivity index (χ3n) is 8.30. The van der Waals surface area contributed by atoms with Crippen LogP contribution >= 0.6 is 0 Å². The number of carbonyl (C=O) groups is 4. The normalized spacial score (nSPS) is 18.2. The first-order valence-corrected chi connectivity index (χ1v) is 17.7. The molecule has 0 aromatic heterocycles. The molecule has 0 radical (unpaired) electrons. The number of ether oxygens (including phenoxy) is 2. The van der Waals surface area contributed by atoms with Crippen molar-refractivity contribution in [3.63, 3.8) is 0 Å². The number of esters is 2. The summed E-state index contributed by atoms with van der Waals surface area (Å²) in [6, 6.07) is 17.4. The number of carbonyl (C=O) groups excluding carboxylic acids is 4. The lowest BCUT2D eigenvalue weighted by atomic mass is 9.93. The standard InChI is InChI=1S/C36H42N4O8S/c1-23-11-17-28(18-12-23)49(45,46)39-30(34(43)47-33(42)29-10-7-19-37-29)20-24-13-15-27(16-14-24)38-32(41)31-21-25-8-5-6-9-26(25)22-40(31)35(44)48-36(2,3)4/h5-6,8-9,11-18,29-31,37,39H,7,10,19-22H2,1-4H3,(H,38,41)/t29-,30-,31-/m0/s1. The Morgan fingerprint density at radius 1 is 0.959 bits per heavy atom. The van der Waals surface area contributed by atoms with E-state index in [4.69, 9.17) is 9.47 Å². The zero-order valence-corrected chi connectivity index (χ0v) is 28.8. The smallest absolute Gasteiger partial charge is 0.411 e. The zero-order valence-electron chi connectivity index (χ0n) is 28.0. The first-order valence-electron chi connectivity index (χ1n) is 16.2. The molecule has 0 bridgehead atoms. The molecule has 2 aliphatic heterocycles. The average molecular weight is 691 g/mol. The van der Waals surface area contributed by atoms with Crippen LogP contribution in [-0.2, 0) is 53.3 Å². The Hall–Kier alpha value is -4.59. The van der Waals surface area contributed by atoms with Crippen LogP contribution in [0, 0.1) is 6.92 Å². The Bertz CT molecular complexity index is 1800. The number of benzene rings is 3. The lowest BCUT2D eigenvalue weighted by molar-refractivity contribution is -0.162. The molecule has 49 heavy (non-hydrogen) atoms. The van der Waals surface area contributed by atoms with Gasteiger partial charge < -0.3 is 20.1 Å². The molecule has 0 aliphatic carbocycles. The monoisotopic (exact) mass is 690 g/mol. The molecule has 0 unspecified atom stereocenters. The average Bonchev–Trinajstić information content (AvgIpc) is 3.60. The van der Waals surface area contributed by atoms with E-state index in [1.165, 1.54) is 17.0 Å². The van der Waals surface area contributed by atoms with E-state index in [0.717, 1.165) is 23.1 Å². The fourth-order valence-corrected chi connectivity index (χ4v) is 6.91. The van der Waals surface area contributed by atoms with Crippen LogP contribution in [0.3, 0.4) is 0 Å². The van der Waals surface area contributed by atoms with Crippen molar-refractivity contribution in [2.75, 3.05) is 11.9 Å². The number of amides is 2. The Morgan fingerprint density at radius 3 is 2.27 bits per heavy atom. The van der Waals surface area contributed by atoms with Gasteiger partial charge in [-0.15, -0.1) is 0 Å². The molecule has 3 aromatic rings. The highest BCUT2D eigenvalue weighted by molar-refractivity contribution is 7.89. The minimum Gasteiger partial charge on any atom is -0.444 e. The van der Waals surface area contributed by atoms with Gasteiger partial charge in [-0.05, 0) is 94.5 Å². The maximum Gasteiger partial charge on any atom is 0.411 e. The van der Waals surface area contributed by atoms with Gasteiger partial charge in [0.15, 0.2) is 0 Å². The molecule has 5 rings (SSSR count). The van der Waals surface area contributed by atoms with Crippen LogP contribution in [0.25, 0.3) is 0 Å². The first kappa shape index (κ1) is 35.7. The molecule has 12 nitrogen and oxygen atoms in total. The second kappa shape index (κ2) is 14.9. The summed E-state index contributed by atoms with van der Waals surface area (Å²) in [5.74, 6) is -2.18. The van der Waals surface area contributed by atoms with Crippen LogP contribution in [0.15, 0.2) is 77.7 Å². The SMILES string of the molecule is Cc1ccc(S(=O)(=O)N[C@@H](Cc2ccc(NC(=O)[C@@H]3Cc4ccccc4CN3C(=O)OC(C)(C)C)cc2)C(=O)OC(=O)[C@@H]2CCCN2)cc1. The summed E-state index contributed by atoms with van der Waals surface area (Å²) in [5, 5.41) is 5.84. The fraction of sp³-hybridized carbons (Fsp3) is 0.389. The van der Waals surface area contributed by atoms with E-state index in [1.807, 2.05) is 31.2 Å². The molecule has 1 saturated heterocycles. The minimum atomic E-state index is -4.16. The van der Waals surface area contributed by atoms with Crippen molar-refractivity contribution in [3.8, 4) is 0 Å². The summed E-state index contributed by atoms with van der Waals surface area (Å²) in [6.07, 6.45) is 0.857. The van der Waals surface area contributed by atoms with Crippen LogP contribution in [0.1, 0.15) is 55.9 Å². The summed E-state index contributed by atoms with van der Waals surface area (Å²) in [6.45, 7) is 7.96. The fourth-order valence-electron chi connectivity index (χ4n) is 5.73. The molecular weight excluding hydrogens is 648 g/mol. The van der Waals surface area contributed by atoms with Crippen LogP contribution < -0.4 is 15.4 Å². The molecule has 3 N–H and O–H groups in total. The molecule has 2 amide bonds. The van der Waals surface area contributed by atoms with Gasteiger partial charge in [0, 0.05) is 12.1 Å². The van der Waals surface area contributed by atoms with Gasteiger partial charge in [0.1, 0.15) is 23.7 Å². The molecule has 260 valence electrons. The van der Waals surface area contributed by atoms with E-state index < -0.39 is 57.7 Å². The van der Waals surface area contributed by atoms with E-state index in [9.17, 15) is 27.6 Å². The number of hydrogen-bond acceptors (Lipinski definition) is 9. The molecule has 0 saturated carbocycles. The minimum absolute atomic E-state index is 0.0384. The van der Waals surface area contributed by atoms with Gasteiger partial charge in [0.25, 0.3) is 0 Å². The largest absolute Gasteiger partial charge is 0.444 e. The van der Waals surface area contributed by atoms with Gasteiger partial charge in [-0.25, -0.2) is 22.8 Å². The maximum absolute atomic E-state index is 13.6. The van der Waals surface area contributed by atoms with Crippen molar-refractivity contribution in [2.24, 2.45) is 0 Å². The molecule has 0 spiro atoms. The van der Waals surface area contributed by atoms with Gasteiger partial charge in [0.2, 0.25) is 15.9 Å². The zero-order chi connectivity index (χ0) is 35.3. The van der Waals surface area contributed by atoms with E-state index in [2.05, 4.69) is 15.4 Å². The molecule has 3 atom stereocenters. The highest BCUT2D eigenvalue weighted by Gasteiger charge is 2.37. The van der Waals surface area contributed by atoms with Crippen molar-refractivity contribution in [2.45, 2.75) is 88.5 Å². The second-order valence-corrected chi connectivity index (χ2v) is 15.1. The van der Waals surface area contributed by atoms with Crippen molar-refractivity contribution in [1.29, 1.82) is 0 Å². The van der Waals surface area contributed by atoms with Crippen molar-refractivity contribution >= 4 is 39.6 Å². The number of fused-ring (bicyclic) bond motifs is 1. The van der Waals surface area contributed by atoms with Gasteiger partial charge in [-0.1, -0.05) is 54.1 Å². The van der Waals surface area contributed by atoms with Crippen LogP contribution in [-0.4, -0.2) is 67.5 Å². The van der Waals surface area contributed by atoms with E-state index in [1.54, 1.807) is 57.2 Å². The first-order chi connectivity index (χ1) is 23.2. The Kier molecular flexibility index (Phi) is 10.9. The number of hydrogen-bond donors (Lipinski definition) is 3. The summed E-state index contributed by atoms with van der Waals surface area (Å²) in [5.41, 5.74) is 2.99. The maximum atomic E-state index is 13.6. The van der Waals surface area contributed by atoms with Crippen molar-refractivity contribution < 1.29 is 37.1 Å². The quantitative estimate of drug-likeness (QED) is 0.223. The second-order valence-electron chi connectivity index (χ2n) is 13.4. The van der Waals surface area contributed by atoms with Crippen LogP contribution in [0.4, 0.5) is 10.5 Å². The Labute approximate surface area is 286 Å². The van der Waals surface area contributed by atoms with Crippen LogP contribution in [0.5, 0.6) is 0 Å². The predicted molar refractivity (Wildman–Crippen MR) is 182 cm³/mol. The molecule has 3 aromatic carbocycles. The molecular formula is C36H42N4O8S. The Morgan fingerprint density at radius 2 is 1.63 bits per heavy atom. The molecule has 1 fully saturated rings. The van der Waals surface area contributed by atoms with E-state index >= 15 is 0 Å². The number of anilines is 1. The summed E-state index contributed by atoms with van der Waals surface area (Å²) in [7, 11) is -4.16. The Balaban J connectivity index is 1.31. The highest BCUT2D eigenvalue weighted by Crippen LogP contribution is 2.26. The molecule has 2 heterocycles. The third kappa shape index (κ3) is 9.31. The van der Waals surface area contributed by atoms with Gasteiger partial charge in [-0.3, -0.25) is 9.69 Å². The summed E-state index contributed by atoms with van der Waals surface area (Å²) < 4.78 is 39.6. The molecule has 13 heteroatoms. The number of rotatable bonds is 9.